The van der Waals surface area contributed by atoms with E-state index < -0.39 is 6.00 Å². The Kier molecular flexibility index (Phi) is 3.99. The summed E-state index contributed by atoms with van der Waals surface area (Å²) in [6, 6.07) is 0.0957. The molecule has 0 N–H and O–H groups in total. The molecule has 1 rings (SSSR count). The topological polar surface area (TPSA) is 20.3 Å². The number of thioether (sulfide) groups is 1. The predicted molar refractivity (Wildman–Crippen MR) is 64.8 cm³/mol. The van der Waals surface area contributed by atoms with Gasteiger partial charge in [0.05, 0.1) is 6.04 Å². The molecule has 0 aliphatic carbocycles. The highest BCUT2D eigenvalue weighted by molar-refractivity contribution is 8.24. The summed E-state index contributed by atoms with van der Waals surface area (Å²) in [6.45, 7) is 4.07. The Labute approximate surface area is 97.3 Å². The molecule has 0 amide bonds. The lowest BCUT2D eigenvalue weighted by Crippen LogP contribution is -2.32. The van der Waals surface area contributed by atoms with Gasteiger partial charge in [0.25, 0.3) is 0 Å². The first-order valence-electron chi connectivity index (χ1n) is 3.80. The molecular formula is C6H10Cl2NOPS2. The van der Waals surface area contributed by atoms with Crippen molar-refractivity contribution < 1.29 is 4.57 Å². The molecule has 76 valence electrons. The second-order valence-corrected chi connectivity index (χ2v) is 9.39. The SMILES string of the molecule is CC(C)C1CSC(=S)N1P(=O)(Cl)Cl. The van der Waals surface area contributed by atoms with E-state index in [2.05, 4.69) is 0 Å². The van der Waals surface area contributed by atoms with Crippen LogP contribution < -0.4 is 0 Å². The molecule has 1 fully saturated rings. The first kappa shape index (κ1) is 12.1. The van der Waals surface area contributed by atoms with E-state index in [1.165, 1.54) is 16.4 Å². The van der Waals surface area contributed by atoms with Crippen LogP contribution in [-0.2, 0) is 4.57 Å². The van der Waals surface area contributed by atoms with Gasteiger partial charge in [-0.05, 0) is 28.4 Å². The van der Waals surface area contributed by atoms with Gasteiger partial charge in [0, 0.05) is 5.75 Å². The Morgan fingerprint density at radius 3 is 2.54 bits per heavy atom. The second kappa shape index (κ2) is 4.28. The van der Waals surface area contributed by atoms with Crippen molar-refractivity contribution in [2.75, 3.05) is 5.75 Å². The zero-order valence-corrected chi connectivity index (χ0v) is 11.3. The Morgan fingerprint density at radius 1 is 1.69 bits per heavy atom. The summed E-state index contributed by atoms with van der Waals surface area (Å²) in [5, 5.41) is 0. The maximum absolute atomic E-state index is 11.5. The summed E-state index contributed by atoms with van der Waals surface area (Å²) in [7, 11) is 0. The molecule has 1 saturated heterocycles. The average molecular weight is 278 g/mol. The van der Waals surface area contributed by atoms with Crippen LogP contribution in [0.2, 0.25) is 0 Å². The van der Waals surface area contributed by atoms with E-state index in [0.717, 1.165) is 5.75 Å². The van der Waals surface area contributed by atoms with Gasteiger partial charge >= 0.3 is 6.00 Å². The fourth-order valence-corrected chi connectivity index (χ4v) is 6.15. The third kappa shape index (κ3) is 2.75. The van der Waals surface area contributed by atoms with Crippen molar-refractivity contribution in [3.05, 3.63) is 0 Å². The van der Waals surface area contributed by atoms with Crippen molar-refractivity contribution >= 4 is 56.8 Å². The highest BCUT2D eigenvalue weighted by atomic mass is 35.9. The third-order valence-electron chi connectivity index (χ3n) is 1.90. The lowest BCUT2D eigenvalue weighted by Gasteiger charge is -2.28. The van der Waals surface area contributed by atoms with Gasteiger partial charge in [0.1, 0.15) is 4.32 Å². The minimum absolute atomic E-state index is 0.0957. The van der Waals surface area contributed by atoms with Crippen LogP contribution >= 0.6 is 52.5 Å². The van der Waals surface area contributed by atoms with Crippen molar-refractivity contribution in [3.63, 3.8) is 0 Å². The van der Waals surface area contributed by atoms with Crippen LogP contribution in [-0.4, -0.2) is 20.8 Å². The van der Waals surface area contributed by atoms with E-state index in [0.29, 0.717) is 10.2 Å². The normalized spacial score (nSPS) is 24.5. The number of thiocarbonyl (C=S) groups is 1. The van der Waals surface area contributed by atoms with Crippen LogP contribution in [0.3, 0.4) is 0 Å². The summed E-state index contributed by atoms with van der Waals surface area (Å²) in [6.07, 6.45) is 0. The van der Waals surface area contributed by atoms with Crippen LogP contribution in [0.15, 0.2) is 0 Å². The fraction of sp³-hybridized carbons (Fsp3) is 0.833. The second-order valence-electron chi connectivity index (χ2n) is 3.17. The van der Waals surface area contributed by atoms with Crippen molar-refractivity contribution in [2.24, 2.45) is 5.92 Å². The lowest BCUT2D eigenvalue weighted by molar-refractivity contribution is 0.392. The maximum Gasteiger partial charge on any atom is 0.347 e. The van der Waals surface area contributed by atoms with E-state index in [1.54, 1.807) is 0 Å². The molecule has 1 heterocycles. The van der Waals surface area contributed by atoms with Crippen molar-refractivity contribution in [2.45, 2.75) is 19.9 Å². The highest BCUT2D eigenvalue weighted by Crippen LogP contribution is 2.64. The zero-order chi connectivity index (χ0) is 10.2. The number of halogens is 2. The van der Waals surface area contributed by atoms with Gasteiger partial charge in [-0.25, -0.2) is 0 Å². The zero-order valence-electron chi connectivity index (χ0n) is 7.24. The average Bonchev–Trinajstić information content (AvgIpc) is 2.28. The van der Waals surface area contributed by atoms with Gasteiger partial charge < -0.3 is 0 Å². The molecule has 0 aromatic carbocycles. The van der Waals surface area contributed by atoms with Gasteiger partial charge in [0.15, 0.2) is 0 Å². The molecule has 1 aliphatic heterocycles. The molecule has 0 aromatic rings. The molecule has 0 saturated carbocycles. The van der Waals surface area contributed by atoms with Crippen molar-refractivity contribution in [1.29, 1.82) is 0 Å². The summed E-state index contributed by atoms with van der Waals surface area (Å²) in [5.74, 6) is -2.10. The summed E-state index contributed by atoms with van der Waals surface area (Å²) >= 11 is 17.8. The third-order valence-corrected chi connectivity index (χ3v) is 5.65. The Balaban J connectivity index is 2.90. The van der Waals surface area contributed by atoms with E-state index in [9.17, 15) is 4.57 Å². The standard InChI is InChI=1S/C6H10Cl2NOPS2/c1-4(2)5-3-13-6(12)9(5)11(7,8)10/h4-5H,3H2,1-2H3. The van der Waals surface area contributed by atoms with E-state index in [4.69, 9.17) is 34.7 Å². The van der Waals surface area contributed by atoms with E-state index >= 15 is 0 Å². The number of nitrogens with zero attached hydrogens (tertiary/aromatic N) is 1. The molecule has 2 nitrogen and oxygen atoms in total. The van der Waals surface area contributed by atoms with Crippen molar-refractivity contribution in [1.82, 2.24) is 4.67 Å². The lowest BCUT2D eigenvalue weighted by atomic mass is 10.1. The molecule has 13 heavy (non-hydrogen) atoms. The van der Waals surface area contributed by atoms with E-state index in [1.807, 2.05) is 13.8 Å². The summed E-state index contributed by atoms with van der Waals surface area (Å²) < 4.78 is 13.5. The molecule has 1 aliphatic rings. The van der Waals surface area contributed by atoms with E-state index in [-0.39, 0.29) is 6.04 Å². The van der Waals surface area contributed by atoms with Gasteiger partial charge in [0.2, 0.25) is 0 Å². The molecule has 0 bridgehead atoms. The van der Waals surface area contributed by atoms with Gasteiger partial charge in [-0.2, -0.15) is 0 Å². The molecule has 0 aromatic heterocycles. The minimum atomic E-state index is -3.26. The monoisotopic (exact) mass is 277 g/mol. The minimum Gasteiger partial charge on any atom is -0.280 e. The number of hydrogen-bond acceptors (Lipinski definition) is 3. The highest BCUT2D eigenvalue weighted by Gasteiger charge is 2.40. The Hall–Kier alpha value is 1.05. The maximum atomic E-state index is 11.5. The first-order chi connectivity index (χ1) is 5.84. The molecule has 0 spiro atoms. The Morgan fingerprint density at radius 2 is 2.23 bits per heavy atom. The number of hydrogen-bond donors (Lipinski definition) is 0. The predicted octanol–water partition coefficient (Wildman–Crippen LogP) is 3.93. The molecular weight excluding hydrogens is 268 g/mol. The quantitative estimate of drug-likeness (QED) is 0.563. The van der Waals surface area contributed by atoms with Crippen LogP contribution in [0, 0.1) is 5.92 Å². The van der Waals surface area contributed by atoms with Gasteiger partial charge in [-0.1, -0.05) is 37.8 Å². The van der Waals surface area contributed by atoms with Crippen molar-refractivity contribution in [3.8, 4) is 0 Å². The van der Waals surface area contributed by atoms with Gasteiger partial charge in [-0.15, -0.1) is 0 Å². The molecule has 7 heteroatoms. The summed E-state index contributed by atoms with van der Waals surface area (Å²) in [5.41, 5.74) is 0. The van der Waals surface area contributed by atoms with Crippen LogP contribution in [0.5, 0.6) is 0 Å². The molecule has 1 atom stereocenters. The smallest absolute Gasteiger partial charge is 0.280 e. The van der Waals surface area contributed by atoms with Crippen LogP contribution in [0.25, 0.3) is 0 Å². The first-order valence-corrected chi connectivity index (χ1v) is 8.66. The Bertz CT molecular complexity index is 267. The van der Waals surface area contributed by atoms with Crippen LogP contribution in [0.4, 0.5) is 0 Å². The van der Waals surface area contributed by atoms with Gasteiger partial charge in [-0.3, -0.25) is 9.24 Å². The number of rotatable bonds is 2. The van der Waals surface area contributed by atoms with Crippen LogP contribution in [0.1, 0.15) is 13.8 Å². The largest absolute Gasteiger partial charge is 0.347 e. The summed E-state index contributed by atoms with van der Waals surface area (Å²) in [4.78, 5) is 0. The molecule has 0 radical (unpaired) electrons. The molecule has 1 unspecified atom stereocenters. The fourth-order valence-electron chi connectivity index (χ4n) is 1.17.